The van der Waals surface area contributed by atoms with Crippen LogP contribution in [0.5, 0.6) is 0 Å². The lowest BCUT2D eigenvalue weighted by molar-refractivity contribution is 0.0940. The van der Waals surface area contributed by atoms with Gasteiger partial charge < -0.3 is 5.32 Å². The number of nitriles is 1. The summed E-state index contributed by atoms with van der Waals surface area (Å²) in [5, 5.41) is 15.6. The molecule has 1 atom stereocenters. The minimum atomic E-state index is -0.162. The minimum absolute atomic E-state index is 0.125. The number of amides is 1. The molecule has 19 heavy (non-hydrogen) atoms. The maximum Gasteiger partial charge on any atom is 0.254 e. The molecule has 1 aromatic carbocycles. The largest absolute Gasteiger partial charge is 0.345 e. The van der Waals surface area contributed by atoms with Crippen LogP contribution in [0.15, 0.2) is 36.7 Å². The second kappa shape index (κ2) is 5.36. The molecule has 0 aliphatic rings. The molecule has 1 amide bonds. The van der Waals surface area contributed by atoms with Gasteiger partial charge in [-0.3, -0.25) is 9.48 Å². The summed E-state index contributed by atoms with van der Waals surface area (Å²) < 4.78 is 1.58. The number of hydrogen-bond donors (Lipinski definition) is 1. The Morgan fingerprint density at radius 1 is 1.42 bits per heavy atom. The normalized spacial score (nSPS) is 11.6. The van der Waals surface area contributed by atoms with Gasteiger partial charge in [-0.1, -0.05) is 12.1 Å². The summed E-state index contributed by atoms with van der Waals surface area (Å²) >= 11 is 0. The smallest absolute Gasteiger partial charge is 0.254 e. The summed E-state index contributed by atoms with van der Waals surface area (Å²) in [6.45, 7) is 1.90. The molecule has 0 fully saturated rings. The maximum atomic E-state index is 11.9. The first-order valence-electron chi connectivity index (χ1n) is 5.89. The van der Waals surface area contributed by atoms with Gasteiger partial charge in [-0.25, -0.2) is 0 Å². The zero-order valence-corrected chi connectivity index (χ0v) is 10.8. The van der Waals surface area contributed by atoms with Crippen molar-refractivity contribution in [2.75, 3.05) is 0 Å². The van der Waals surface area contributed by atoms with Crippen molar-refractivity contribution in [1.29, 1.82) is 5.26 Å². The fraction of sp³-hybridized carbons (Fsp3) is 0.214. The molecule has 0 spiro atoms. The molecule has 1 unspecified atom stereocenters. The molecule has 96 valence electrons. The third kappa shape index (κ3) is 2.99. The second-order valence-corrected chi connectivity index (χ2v) is 4.33. The molecule has 0 saturated carbocycles. The van der Waals surface area contributed by atoms with Crippen molar-refractivity contribution in [2.45, 2.75) is 13.0 Å². The summed E-state index contributed by atoms with van der Waals surface area (Å²) in [5.74, 6) is -0.162. The lowest BCUT2D eigenvalue weighted by Crippen LogP contribution is -2.26. The third-order valence-corrected chi connectivity index (χ3v) is 2.85. The lowest BCUT2D eigenvalue weighted by atomic mass is 10.1. The molecule has 1 N–H and O–H groups in total. The van der Waals surface area contributed by atoms with E-state index >= 15 is 0 Å². The van der Waals surface area contributed by atoms with E-state index in [9.17, 15) is 4.79 Å². The van der Waals surface area contributed by atoms with Crippen LogP contribution in [-0.2, 0) is 7.05 Å². The Kier molecular flexibility index (Phi) is 3.62. The number of hydrogen-bond acceptors (Lipinski definition) is 3. The highest BCUT2D eigenvalue weighted by atomic mass is 16.1. The van der Waals surface area contributed by atoms with Crippen molar-refractivity contribution in [2.24, 2.45) is 7.05 Å². The van der Waals surface area contributed by atoms with Crippen molar-refractivity contribution in [3.63, 3.8) is 0 Å². The van der Waals surface area contributed by atoms with Gasteiger partial charge in [0.1, 0.15) is 0 Å². The number of rotatable bonds is 3. The van der Waals surface area contributed by atoms with Gasteiger partial charge in [-0.15, -0.1) is 0 Å². The predicted molar refractivity (Wildman–Crippen MR) is 70.2 cm³/mol. The van der Waals surface area contributed by atoms with Crippen LogP contribution in [-0.4, -0.2) is 15.7 Å². The Morgan fingerprint density at radius 3 is 2.63 bits per heavy atom. The Labute approximate surface area is 111 Å². The Hall–Kier alpha value is -2.61. The summed E-state index contributed by atoms with van der Waals surface area (Å²) in [7, 11) is 1.76. The summed E-state index contributed by atoms with van der Waals surface area (Å²) in [5.41, 5.74) is 2.09. The second-order valence-electron chi connectivity index (χ2n) is 4.33. The maximum absolute atomic E-state index is 11.9. The molecule has 1 heterocycles. The fourth-order valence-corrected chi connectivity index (χ4v) is 1.75. The van der Waals surface area contributed by atoms with Crippen molar-refractivity contribution in [3.05, 3.63) is 53.3 Å². The highest BCUT2D eigenvalue weighted by Gasteiger charge is 2.12. The monoisotopic (exact) mass is 254 g/mol. The van der Waals surface area contributed by atoms with Gasteiger partial charge in [0.15, 0.2) is 0 Å². The summed E-state index contributed by atoms with van der Waals surface area (Å²) in [6, 6.07) is 9.10. The SMILES string of the molecule is CC(NC(=O)c1cnn(C)c1)c1ccc(C#N)cc1. The molecule has 5 heteroatoms. The first-order chi connectivity index (χ1) is 9.10. The van der Waals surface area contributed by atoms with Gasteiger partial charge in [-0.2, -0.15) is 10.4 Å². The van der Waals surface area contributed by atoms with Crippen molar-refractivity contribution in [1.82, 2.24) is 15.1 Å². The van der Waals surface area contributed by atoms with Gasteiger partial charge in [0.2, 0.25) is 0 Å². The molecule has 2 rings (SSSR count). The zero-order valence-electron chi connectivity index (χ0n) is 10.8. The Balaban J connectivity index is 2.06. The molecular formula is C14H14N4O. The van der Waals surface area contributed by atoms with Crippen LogP contribution in [0.1, 0.15) is 34.5 Å². The highest BCUT2D eigenvalue weighted by Crippen LogP contribution is 2.13. The van der Waals surface area contributed by atoms with Gasteiger partial charge in [0.25, 0.3) is 5.91 Å². The number of benzene rings is 1. The molecule has 1 aromatic heterocycles. The minimum Gasteiger partial charge on any atom is -0.345 e. The number of carbonyl (C=O) groups excluding carboxylic acids is 1. The van der Waals surface area contributed by atoms with E-state index in [4.69, 9.17) is 5.26 Å². The van der Waals surface area contributed by atoms with E-state index in [1.807, 2.05) is 19.1 Å². The topological polar surface area (TPSA) is 70.7 Å². The molecule has 0 aliphatic carbocycles. The molecule has 0 radical (unpaired) electrons. The number of nitrogens with zero attached hydrogens (tertiary/aromatic N) is 3. The Morgan fingerprint density at radius 2 is 2.11 bits per heavy atom. The quantitative estimate of drug-likeness (QED) is 0.907. The van der Waals surface area contributed by atoms with Crippen LogP contribution >= 0.6 is 0 Å². The zero-order chi connectivity index (χ0) is 13.8. The van der Waals surface area contributed by atoms with E-state index in [1.165, 1.54) is 6.20 Å². The fourth-order valence-electron chi connectivity index (χ4n) is 1.75. The first kappa shape index (κ1) is 12.8. The van der Waals surface area contributed by atoms with Crippen LogP contribution < -0.4 is 5.32 Å². The van der Waals surface area contributed by atoms with E-state index in [0.29, 0.717) is 11.1 Å². The van der Waals surface area contributed by atoms with Crippen LogP contribution in [0.4, 0.5) is 0 Å². The summed E-state index contributed by atoms with van der Waals surface area (Å²) in [4.78, 5) is 11.9. The standard InChI is InChI=1S/C14H14N4O/c1-10(12-5-3-11(7-15)4-6-12)17-14(19)13-8-16-18(2)9-13/h3-6,8-10H,1-2H3,(H,17,19). The van der Waals surface area contributed by atoms with E-state index < -0.39 is 0 Å². The van der Waals surface area contributed by atoms with Gasteiger partial charge in [0, 0.05) is 13.2 Å². The van der Waals surface area contributed by atoms with Crippen molar-refractivity contribution >= 4 is 5.91 Å². The average molecular weight is 254 g/mol. The third-order valence-electron chi connectivity index (χ3n) is 2.85. The number of aromatic nitrogens is 2. The first-order valence-corrected chi connectivity index (χ1v) is 5.89. The highest BCUT2D eigenvalue weighted by molar-refractivity contribution is 5.93. The number of aryl methyl sites for hydroxylation is 1. The van der Waals surface area contributed by atoms with E-state index in [0.717, 1.165) is 5.56 Å². The lowest BCUT2D eigenvalue weighted by Gasteiger charge is -2.13. The van der Waals surface area contributed by atoms with Crippen LogP contribution in [0.2, 0.25) is 0 Å². The molecule has 2 aromatic rings. The molecular weight excluding hydrogens is 240 g/mol. The molecule has 5 nitrogen and oxygen atoms in total. The summed E-state index contributed by atoms with van der Waals surface area (Å²) in [6.07, 6.45) is 3.20. The number of nitrogens with one attached hydrogen (secondary N) is 1. The van der Waals surface area contributed by atoms with E-state index in [-0.39, 0.29) is 11.9 Å². The number of carbonyl (C=O) groups is 1. The average Bonchev–Trinajstić information content (AvgIpc) is 2.85. The van der Waals surface area contributed by atoms with Crippen molar-refractivity contribution < 1.29 is 4.79 Å². The predicted octanol–water partition coefficient (Wildman–Crippen LogP) is 1.78. The van der Waals surface area contributed by atoms with E-state index in [1.54, 1.807) is 30.1 Å². The Bertz CT molecular complexity index is 622. The van der Waals surface area contributed by atoms with Gasteiger partial charge >= 0.3 is 0 Å². The molecule has 0 aliphatic heterocycles. The van der Waals surface area contributed by atoms with E-state index in [2.05, 4.69) is 16.5 Å². The van der Waals surface area contributed by atoms with Crippen LogP contribution in [0, 0.1) is 11.3 Å². The van der Waals surface area contributed by atoms with Crippen LogP contribution in [0.3, 0.4) is 0 Å². The van der Waals surface area contributed by atoms with Gasteiger partial charge in [-0.05, 0) is 24.6 Å². The molecule has 0 bridgehead atoms. The van der Waals surface area contributed by atoms with Crippen LogP contribution in [0.25, 0.3) is 0 Å². The van der Waals surface area contributed by atoms with Crippen molar-refractivity contribution in [3.8, 4) is 6.07 Å². The van der Waals surface area contributed by atoms with Gasteiger partial charge in [0.05, 0.1) is 29.4 Å². The molecule has 0 saturated heterocycles.